The van der Waals surface area contributed by atoms with E-state index in [-0.39, 0.29) is 24.0 Å². The molecule has 1 N–H and O–H groups in total. The quantitative estimate of drug-likeness (QED) is 0.294. The van der Waals surface area contributed by atoms with E-state index in [4.69, 9.17) is 0 Å². The first kappa shape index (κ1) is 24.6. The Balaban J connectivity index is 0.00000341. The summed E-state index contributed by atoms with van der Waals surface area (Å²) in [6, 6.07) is 9.03. The van der Waals surface area contributed by atoms with Gasteiger partial charge in [-0.25, -0.2) is 9.97 Å². The van der Waals surface area contributed by atoms with Crippen molar-refractivity contribution in [3.05, 3.63) is 77.5 Å². The van der Waals surface area contributed by atoms with Gasteiger partial charge in [0, 0.05) is 45.8 Å². The molecule has 10 heteroatoms. The van der Waals surface area contributed by atoms with Gasteiger partial charge >= 0.3 is 6.18 Å². The lowest BCUT2D eigenvalue weighted by Crippen LogP contribution is -2.38. The van der Waals surface area contributed by atoms with Crippen LogP contribution < -0.4 is 5.32 Å². The third-order valence-electron chi connectivity index (χ3n) is 4.61. The lowest BCUT2D eigenvalue weighted by Gasteiger charge is -2.22. The van der Waals surface area contributed by atoms with Crippen LogP contribution in [0.5, 0.6) is 0 Å². The minimum absolute atomic E-state index is 0. The van der Waals surface area contributed by atoms with Crippen LogP contribution in [0.1, 0.15) is 22.5 Å². The van der Waals surface area contributed by atoms with Gasteiger partial charge in [0.1, 0.15) is 11.6 Å². The number of hydrogen-bond acceptors (Lipinski definition) is 3. The van der Waals surface area contributed by atoms with E-state index in [0.29, 0.717) is 19.0 Å². The number of nitrogens with one attached hydrogen (secondary N) is 1. The highest BCUT2D eigenvalue weighted by molar-refractivity contribution is 14.0. The molecule has 0 atom stereocenters. The second-order valence-corrected chi connectivity index (χ2v) is 6.82. The fraction of sp³-hybridized carbons (Fsp3) is 0.286. The number of aliphatic imine (C=N–C) groups is 1. The molecule has 0 spiro atoms. The second-order valence-electron chi connectivity index (χ2n) is 6.82. The number of guanidine groups is 1. The third kappa shape index (κ3) is 6.42. The van der Waals surface area contributed by atoms with Crippen LogP contribution in [-0.4, -0.2) is 39.5 Å². The first-order chi connectivity index (χ1) is 14.3. The summed E-state index contributed by atoms with van der Waals surface area (Å²) < 4.78 is 40.0. The minimum Gasteiger partial charge on any atom is -0.352 e. The molecule has 1 aromatic carbocycles. The molecule has 0 amide bonds. The minimum atomic E-state index is -4.33. The lowest BCUT2D eigenvalue weighted by atomic mass is 10.1. The van der Waals surface area contributed by atoms with E-state index in [2.05, 4.69) is 20.3 Å². The van der Waals surface area contributed by atoms with Gasteiger partial charge in [0.05, 0.1) is 5.56 Å². The highest BCUT2D eigenvalue weighted by Gasteiger charge is 2.29. The van der Waals surface area contributed by atoms with Crippen molar-refractivity contribution in [3.8, 4) is 5.82 Å². The Morgan fingerprint density at radius 1 is 1.10 bits per heavy atom. The number of alkyl halides is 3. The van der Waals surface area contributed by atoms with Gasteiger partial charge in [0.15, 0.2) is 5.96 Å². The predicted molar refractivity (Wildman–Crippen MR) is 125 cm³/mol. The van der Waals surface area contributed by atoms with Crippen molar-refractivity contribution >= 4 is 29.9 Å². The number of rotatable bonds is 5. The van der Waals surface area contributed by atoms with Gasteiger partial charge in [0.2, 0.25) is 0 Å². The first-order valence-electron chi connectivity index (χ1n) is 9.31. The molecule has 6 nitrogen and oxygen atoms in total. The van der Waals surface area contributed by atoms with Crippen molar-refractivity contribution < 1.29 is 13.2 Å². The van der Waals surface area contributed by atoms with Crippen LogP contribution in [0, 0.1) is 6.92 Å². The molecule has 31 heavy (non-hydrogen) atoms. The topological polar surface area (TPSA) is 58.3 Å². The number of aromatic nitrogens is 3. The molecule has 166 valence electrons. The van der Waals surface area contributed by atoms with Crippen molar-refractivity contribution in [1.29, 1.82) is 0 Å². The molecule has 0 saturated carbocycles. The van der Waals surface area contributed by atoms with Crippen LogP contribution in [0.25, 0.3) is 5.82 Å². The summed E-state index contributed by atoms with van der Waals surface area (Å²) in [6.45, 7) is 2.85. The van der Waals surface area contributed by atoms with E-state index < -0.39 is 11.7 Å². The summed E-state index contributed by atoms with van der Waals surface area (Å²) in [4.78, 5) is 14.7. The van der Waals surface area contributed by atoms with Crippen LogP contribution in [0.15, 0.2) is 60.0 Å². The van der Waals surface area contributed by atoms with E-state index in [1.807, 2.05) is 41.8 Å². The van der Waals surface area contributed by atoms with Crippen molar-refractivity contribution in [2.75, 3.05) is 14.1 Å². The van der Waals surface area contributed by atoms with Crippen LogP contribution >= 0.6 is 24.0 Å². The summed E-state index contributed by atoms with van der Waals surface area (Å²) in [5, 5.41) is 3.24. The Labute approximate surface area is 196 Å². The lowest BCUT2D eigenvalue weighted by molar-refractivity contribution is -0.137. The average Bonchev–Trinajstić information content (AvgIpc) is 3.14. The molecule has 0 fully saturated rings. The highest BCUT2D eigenvalue weighted by atomic mass is 127. The van der Waals surface area contributed by atoms with E-state index in [0.717, 1.165) is 34.9 Å². The molecular formula is C21H24F3IN6. The number of pyridine rings is 1. The molecule has 0 unspecified atom stereocenters. The number of hydrogen-bond donors (Lipinski definition) is 1. The maximum Gasteiger partial charge on any atom is 0.416 e. The Bertz CT molecular complexity index is 997. The van der Waals surface area contributed by atoms with Crippen molar-refractivity contribution in [2.24, 2.45) is 4.99 Å². The van der Waals surface area contributed by atoms with E-state index >= 15 is 0 Å². The Morgan fingerprint density at radius 2 is 1.77 bits per heavy atom. The molecule has 2 aromatic heterocycles. The molecule has 3 rings (SSSR count). The number of imidazole rings is 1. The summed E-state index contributed by atoms with van der Waals surface area (Å²) >= 11 is 0. The van der Waals surface area contributed by atoms with Crippen LogP contribution in [0.3, 0.4) is 0 Å². The molecule has 3 aromatic rings. The van der Waals surface area contributed by atoms with Crippen molar-refractivity contribution in [3.63, 3.8) is 0 Å². The Kier molecular flexibility index (Phi) is 8.43. The number of halogens is 4. The number of benzene rings is 1. The normalized spacial score (nSPS) is 11.7. The SMILES string of the molecule is CN=C(NCc1ccc(-n2ccnc2C)nc1)N(C)Cc1ccc(C(F)(F)F)cc1.I. The van der Waals surface area contributed by atoms with E-state index in [1.54, 1.807) is 19.4 Å². The zero-order valence-corrected chi connectivity index (χ0v) is 19.7. The van der Waals surface area contributed by atoms with Crippen molar-refractivity contribution in [1.82, 2.24) is 24.8 Å². The largest absolute Gasteiger partial charge is 0.416 e. The summed E-state index contributed by atoms with van der Waals surface area (Å²) in [5.41, 5.74) is 1.08. The Hall–Kier alpha value is -2.63. The third-order valence-corrected chi connectivity index (χ3v) is 4.61. The number of nitrogens with zero attached hydrogens (tertiary/aromatic N) is 5. The molecule has 0 aliphatic heterocycles. The molecule has 0 bridgehead atoms. The molecule has 0 aliphatic carbocycles. The predicted octanol–water partition coefficient (Wildman–Crippen LogP) is 4.42. The maximum atomic E-state index is 12.7. The molecular weight excluding hydrogens is 520 g/mol. The van der Waals surface area contributed by atoms with Gasteiger partial charge in [-0.1, -0.05) is 18.2 Å². The molecule has 2 heterocycles. The second kappa shape index (κ2) is 10.6. The fourth-order valence-corrected chi connectivity index (χ4v) is 3.00. The van der Waals surface area contributed by atoms with Gasteiger partial charge in [-0.2, -0.15) is 13.2 Å². The maximum absolute atomic E-state index is 12.7. The van der Waals surface area contributed by atoms with Gasteiger partial charge < -0.3 is 10.2 Å². The highest BCUT2D eigenvalue weighted by Crippen LogP contribution is 2.29. The average molecular weight is 544 g/mol. The summed E-state index contributed by atoms with van der Waals surface area (Å²) in [5.74, 6) is 2.28. The zero-order chi connectivity index (χ0) is 21.7. The van der Waals surface area contributed by atoms with Crippen LogP contribution in [-0.2, 0) is 19.3 Å². The smallest absolute Gasteiger partial charge is 0.352 e. The van der Waals surface area contributed by atoms with Gasteiger partial charge in [-0.3, -0.25) is 9.56 Å². The molecule has 0 saturated heterocycles. The molecule has 0 aliphatic rings. The van der Waals surface area contributed by atoms with Crippen LogP contribution in [0.4, 0.5) is 13.2 Å². The van der Waals surface area contributed by atoms with E-state index in [1.165, 1.54) is 12.1 Å². The molecule has 0 radical (unpaired) electrons. The standard InChI is InChI=1S/C21H23F3N6.HI/c1-15-26-10-11-30(15)19-9-6-17(12-27-19)13-28-20(25-2)29(3)14-16-4-7-18(8-5-16)21(22,23)24;/h4-12H,13-14H2,1-3H3,(H,25,28);1H. The Morgan fingerprint density at radius 3 is 2.29 bits per heavy atom. The summed E-state index contributed by atoms with van der Waals surface area (Å²) in [6.07, 6.45) is 1.03. The summed E-state index contributed by atoms with van der Waals surface area (Å²) in [7, 11) is 3.49. The first-order valence-corrected chi connectivity index (χ1v) is 9.31. The van der Waals surface area contributed by atoms with Gasteiger partial charge in [-0.05, 0) is 36.2 Å². The fourth-order valence-electron chi connectivity index (χ4n) is 3.00. The van der Waals surface area contributed by atoms with E-state index in [9.17, 15) is 13.2 Å². The van der Waals surface area contributed by atoms with Gasteiger partial charge in [0.25, 0.3) is 0 Å². The van der Waals surface area contributed by atoms with Gasteiger partial charge in [-0.15, -0.1) is 24.0 Å². The monoisotopic (exact) mass is 544 g/mol. The van der Waals surface area contributed by atoms with Crippen molar-refractivity contribution in [2.45, 2.75) is 26.2 Å². The number of aryl methyl sites for hydroxylation is 1. The zero-order valence-electron chi connectivity index (χ0n) is 17.4. The van der Waals surface area contributed by atoms with Crippen LogP contribution in [0.2, 0.25) is 0 Å².